The average Bonchev–Trinajstić information content (AvgIpc) is 3.36. The quantitative estimate of drug-likeness (QED) is 0.804. The Hall–Kier alpha value is -1.48. The highest BCUT2D eigenvalue weighted by molar-refractivity contribution is 7.20. The van der Waals surface area contributed by atoms with E-state index < -0.39 is 0 Å². The zero-order valence-corrected chi connectivity index (χ0v) is 18.6. The molecule has 0 aromatic carbocycles. The Bertz CT molecular complexity index is 874. The Balaban J connectivity index is 1.22. The molecule has 0 bridgehead atoms. The predicted molar refractivity (Wildman–Crippen MR) is 117 cm³/mol. The fourth-order valence-corrected chi connectivity index (χ4v) is 6.28. The second-order valence-electron chi connectivity index (χ2n) is 8.83. The number of morpholine rings is 1. The minimum Gasteiger partial charge on any atom is -0.381 e. The highest BCUT2D eigenvalue weighted by Crippen LogP contribution is 2.33. The van der Waals surface area contributed by atoms with Crippen molar-refractivity contribution in [3.05, 3.63) is 16.6 Å². The van der Waals surface area contributed by atoms with Gasteiger partial charge in [0.25, 0.3) is 5.91 Å². The van der Waals surface area contributed by atoms with Crippen LogP contribution in [0.25, 0.3) is 10.2 Å². The zero-order valence-electron chi connectivity index (χ0n) is 17.8. The number of nitrogens with zero attached hydrogens (tertiary/aromatic N) is 3. The fraction of sp³-hybridized carbons (Fsp3) is 0.727. The molecule has 2 aliphatic heterocycles. The lowest BCUT2D eigenvalue weighted by Gasteiger charge is -2.38. The Kier molecular flexibility index (Phi) is 6.09. The molecule has 2 aromatic rings. The Morgan fingerprint density at radius 1 is 1.03 bits per heavy atom. The number of aromatic nitrogens is 2. The van der Waals surface area contributed by atoms with Crippen LogP contribution in [0.2, 0.25) is 0 Å². The van der Waals surface area contributed by atoms with Crippen LogP contribution in [-0.2, 0) is 9.47 Å². The normalized spacial score (nSPS) is 26.8. The number of thiophene rings is 1. The maximum Gasteiger partial charge on any atom is 0.261 e. The summed E-state index contributed by atoms with van der Waals surface area (Å²) >= 11 is 1.58. The number of nitrogens with one attached hydrogen (secondary N) is 1. The maximum atomic E-state index is 13.0. The van der Waals surface area contributed by atoms with Crippen molar-refractivity contribution in [1.29, 1.82) is 0 Å². The van der Waals surface area contributed by atoms with E-state index in [2.05, 4.69) is 14.9 Å². The van der Waals surface area contributed by atoms with E-state index in [9.17, 15) is 4.79 Å². The highest BCUT2D eigenvalue weighted by atomic mass is 32.1. The lowest BCUT2D eigenvalue weighted by molar-refractivity contribution is 0.00665. The lowest BCUT2D eigenvalue weighted by Crippen LogP contribution is -2.47. The van der Waals surface area contributed by atoms with E-state index in [-0.39, 0.29) is 11.9 Å². The van der Waals surface area contributed by atoms with Gasteiger partial charge in [0.15, 0.2) is 0 Å². The molecule has 0 radical (unpaired) electrons. The molecule has 1 saturated carbocycles. The molecule has 30 heavy (non-hydrogen) atoms. The number of hydrogen-bond donors (Lipinski definition) is 1. The van der Waals surface area contributed by atoms with E-state index >= 15 is 0 Å². The number of aryl methyl sites for hydroxylation is 1. The number of carbonyl (C=O) groups excluding carboxylic acids is 1. The molecule has 4 heterocycles. The molecule has 0 unspecified atom stereocenters. The Labute approximate surface area is 181 Å². The first-order chi connectivity index (χ1) is 14.7. The van der Waals surface area contributed by atoms with Gasteiger partial charge in [-0.05, 0) is 51.5 Å². The molecule has 1 N–H and O–H groups in total. The van der Waals surface area contributed by atoms with Crippen molar-refractivity contribution in [3.8, 4) is 0 Å². The molecule has 2 aromatic heterocycles. The number of ether oxygens (including phenoxy) is 2. The topological polar surface area (TPSA) is 68.6 Å². The van der Waals surface area contributed by atoms with Gasteiger partial charge in [-0.25, -0.2) is 0 Å². The third-order valence-electron chi connectivity index (χ3n) is 6.92. The molecule has 164 valence electrons. The molecule has 0 atom stereocenters. The van der Waals surface area contributed by atoms with Gasteiger partial charge in [-0.2, -0.15) is 5.10 Å². The van der Waals surface area contributed by atoms with E-state index in [4.69, 9.17) is 14.6 Å². The Morgan fingerprint density at radius 3 is 2.47 bits per heavy atom. The second kappa shape index (κ2) is 8.94. The largest absolute Gasteiger partial charge is 0.381 e. The van der Waals surface area contributed by atoms with Crippen LogP contribution in [0.15, 0.2) is 6.07 Å². The molecule has 0 spiro atoms. The van der Waals surface area contributed by atoms with Crippen LogP contribution >= 0.6 is 11.3 Å². The summed E-state index contributed by atoms with van der Waals surface area (Å²) in [6.07, 6.45) is 6.43. The van der Waals surface area contributed by atoms with Crippen LogP contribution in [0.5, 0.6) is 0 Å². The summed E-state index contributed by atoms with van der Waals surface area (Å²) < 4.78 is 13.1. The Morgan fingerprint density at radius 2 is 1.73 bits per heavy atom. The van der Waals surface area contributed by atoms with Gasteiger partial charge in [-0.15, -0.1) is 11.3 Å². The number of amides is 1. The number of carbonyl (C=O) groups is 1. The van der Waals surface area contributed by atoms with Crippen molar-refractivity contribution in [3.63, 3.8) is 0 Å². The summed E-state index contributed by atoms with van der Waals surface area (Å²) in [4.78, 5) is 17.5. The van der Waals surface area contributed by atoms with Crippen LogP contribution in [0.3, 0.4) is 0 Å². The summed E-state index contributed by atoms with van der Waals surface area (Å²) in [6, 6.07) is 3.35. The first-order valence-corrected chi connectivity index (χ1v) is 12.2. The third-order valence-corrected chi connectivity index (χ3v) is 8.05. The minimum absolute atomic E-state index is 0.0731. The molecule has 7 nitrogen and oxygen atoms in total. The summed E-state index contributed by atoms with van der Waals surface area (Å²) in [5.74, 6) is 0.0731. The average molecular weight is 433 g/mol. The predicted octanol–water partition coefficient (Wildman–Crippen LogP) is 3.13. The van der Waals surface area contributed by atoms with Crippen LogP contribution in [0, 0.1) is 6.92 Å². The lowest BCUT2D eigenvalue weighted by atomic mass is 9.90. The molecular weight excluding hydrogens is 400 g/mol. The van der Waals surface area contributed by atoms with Gasteiger partial charge in [0.2, 0.25) is 0 Å². The standard InChI is InChI=1S/C22H32N4O3S/c1-15-19-14-20(30-22(19)26(24-15)18-6-10-28-11-7-18)21(27)23-16-2-4-17(5-3-16)25-8-12-29-13-9-25/h14,16-18H,2-13H2,1H3,(H,23,27). The van der Waals surface area contributed by atoms with Crippen LogP contribution in [-0.4, -0.2) is 72.2 Å². The maximum absolute atomic E-state index is 13.0. The van der Waals surface area contributed by atoms with E-state index in [1.807, 2.05) is 13.0 Å². The van der Waals surface area contributed by atoms with E-state index in [1.54, 1.807) is 11.3 Å². The van der Waals surface area contributed by atoms with Crippen LogP contribution in [0.4, 0.5) is 0 Å². The van der Waals surface area contributed by atoms with Gasteiger partial charge in [-0.3, -0.25) is 14.4 Å². The molecule has 1 amide bonds. The van der Waals surface area contributed by atoms with E-state index in [0.717, 1.165) is 98.8 Å². The minimum atomic E-state index is 0.0731. The van der Waals surface area contributed by atoms with Crippen molar-refractivity contribution in [2.45, 2.75) is 63.6 Å². The van der Waals surface area contributed by atoms with Gasteiger partial charge in [0, 0.05) is 43.8 Å². The number of rotatable bonds is 4. The summed E-state index contributed by atoms with van der Waals surface area (Å²) in [5, 5.41) is 9.19. The molecule has 2 saturated heterocycles. The summed E-state index contributed by atoms with van der Waals surface area (Å²) in [6.45, 7) is 7.42. The van der Waals surface area contributed by atoms with Crippen LogP contribution < -0.4 is 5.32 Å². The molecule has 3 fully saturated rings. The molecule has 8 heteroatoms. The summed E-state index contributed by atoms with van der Waals surface area (Å²) in [5.41, 5.74) is 1.01. The van der Waals surface area contributed by atoms with Gasteiger partial charge in [0.05, 0.1) is 29.8 Å². The zero-order chi connectivity index (χ0) is 20.5. The molecule has 1 aliphatic carbocycles. The monoisotopic (exact) mass is 432 g/mol. The molecule has 5 rings (SSSR count). The highest BCUT2D eigenvalue weighted by Gasteiger charge is 2.29. The van der Waals surface area contributed by atoms with Crippen molar-refractivity contribution in [2.24, 2.45) is 0 Å². The van der Waals surface area contributed by atoms with Crippen molar-refractivity contribution in [1.82, 2.24) is 20.0 Å². The molecule has 3 aliphatic rings. The number of hydrogen-bond acceptors (Lipinski definition) is 6. The van der Waals surface area contributed by atoms with Gasteiger partial charge in [0.1, 0.15) is 4.83 Å². The van der Waals surface area contributed by atoms with Gasteiger partial charge in [-0.1, -0.05) is 0 Å². The van der Waals surface area contributed by atoms with Crippen LogP contribution in [0.1, 0.15) is 59.9 Å². The second-order valence-corrected chi connectivity index (χ2v) is 9.86. The first kappa shape index (κ1) is 20.4. The first-order valence-electron chi connectivity index (χ1n) is 11.4. The van der Waals surface area contributed by atoms with E-state index in [1.165, 1.54) is 0 Å². The smallest absolute Gasteiger partial charge is 0.261 e. The van der Waals surface area contributed by atoms with Crippen molar-refractivity contribution < 1.29 is 14.3 Å². The molecular formula is C22H32N4O3S. The SMILES string of the molecule is Cc1nn(C2CCOCC2)c2sc(C(=O)NC3CCC(N4CCOCC4)CC3)cc12. The fourth-order valence-electron chi connectivity index (χ4n) is 5.15. The number of fused-ring (bicyclic) bond motifs is 1. The van der Waals surface area contributed by atoms with Gasteiger partial charge >= 0.3 is 0 Å². The summed E-state index contributed by atoms with van der Waals surface area (Å²) in [7, 11) is 0. The van der Waals surface area contributed by atoms with Gasteiger partial charge < -0.3 is 14.8 Å². The van der Waals surface area contributed by atoms with Crippen molar-refractivity contribution in [2.75, 3.05) is 39.5 Å². The van der Waals surface area contributed by atoms with E-state index in [0.29, 0.717) is 12.1 Å². The third kappa shape index (κ3) is 4.15. The van der Waals surface area contributed by atoms with Crippen molar-refractivity contribution >= 4 is 27.5 Å².